The molecule has 0 atom stereocenters. The van der Waals surface area contributed by atoms with Gasteiger partial charge in [0.1, 0.15) is 5.82 Å². The molecule has 0 saturated carbocycles. The first kappa shape index (κ1) is 12.1. The van der Waals surface area contributed by atoms with Crippen LogP contribution < -0.4 is 0 Å². The average molecular weight is 250 g/mol. The van der Waals surface area contributed by atoms with E-state index in [1.54, 1.807) is 0 Å². The predicted octanol–water partition coefficient (Wildman–Crippen LogP) is 3.53. The highest BCUT2D eigenvalue weighted by Gasteiger charge is 2.24. The summed E-state index contributed by atoms with van der Waals surface area (Å²) in [5.41, 5.74) is 2.10. The summed E-state index contributed by atoms with van der Waals surface area (Å²) in [6.07, 6.45) is 0. The number of hydrogen-bond donors (Lipinski definition) is 0. The van der Waals surface area contributed by atoms with Crippen LogP contribution in [-0.2, 0) is 5.41 Å². The third-order valence-corrected chi connectivity index (χ3v) is 2.80. The predicted molar refractivity (Wildman–Crippen MR) is 69.8 cm³/mol. The molecule has 0 radical (unpaired) electrons. The Bertz CT molecular complexity index is 538. The first-order chi connectivity index (χ1) is 7.89. The van der Waals surface area contributed by atoms with E-state index in [-0.39, 0.29) is 5.41 Å². The fourth-order valence-corrected chi connectivity index (χ4v) is 1.96. The molecule has 0 aliphatic carbocycles. The van der Waals surface area contributed by atoms with Crippen LogP contribution in [0.3, 0.4) is 0 Å². The fourth-order valence-electron chi connectivity index (χ4n) is 1.75. The Kier molecular flexibility index (Phi) is 2.96. The smallest absolute Gasteiger partial charge is 0.229 e. The van der Waals surface area contributed by atoms with E-state index in [0.29, 0.717) is 5.28 Å². The summed E-state index contributed by atoms with van der Waals surface area (Å²) in [6.45, 7) is 8.34. The second kappa shape index (κ2) is 4.15. The summed E-state index contributed by atoms with van der Waals surface area (Å²) in [5.74, 6) is 0.869. The van der Waals surface area contributed by atoms with Gasteiger partial charge in [0.25, 0.3) is 0 Å². The number of rotatable bonds is 1. The van der Waals surface area contributed by atoms with Crippen LogP contribution in [0, 0.1) is 6.92 Å². The Morgan fingerprint density at radius 3 is 2.47 bits per heavy atom. The van der Waals surface area contributed by atoms with Crippen LogP contribution in [0.1, 0.15) is 32.2 Å². The molecule has 0 aliphatic rings. The Morgan fingerprint density at radius 1 is 1.18 bits per heavy atom. The average Bonchev–Trinajstić information content (AvgIpc) is 2.59. The number of aromatic nitrogens is 3. The molecule has 90 valence electrons. The monoisotopic (exact) mass is 249 g/mol. The minimum atomic E-state index is -0.0934. The van der Waals surface area contributed by atoms with E-state index in [4.69, 9.17) is 11.6 Å². The second-order valence-corrected chi connectivity index (χ2v) is 5.56. The summed E-state index contributed by atoms with van der Waals surface area (Å²) < 4.78 is 1.90. The molecule has 0 saturated heterocycles. The Morgan fingerprint density at radius 2 is 1.88 bits per heavy atom. The highest BCUT2D eigenvalue weighted by Crippen LogP contribution is 2.26. The van der Waals surface area contributed by atoms with Crippen LogP contribution in [0.2, 0.25) is 5.28 Å². The van der Waals surface area contributed by atoms with Gasteiger partial charge in [-0.3, -0.25) is 4.57 Å². The van der Waals surface area contributed by atoms with Crippen molar-refractivity contribution in [2.45, 2.75) is 33.1 Å². The molecule has 2 rings (SSSR count). The van der Waals surface area contributed by atoms with Gasteiger partial charge in [0, 0.05) is 5.41 Å². The lowest BCUT2D eigenvalue weighted by atomic mass is 9.95. The van der Waals surface area contributed by atoms with Gasteiger partial charge in [0.2, 0.25) is 5.28 Å². The van der Waals surface area contributed by atoms with Crippen LogP contribution in [-0.4, -0.2) is 14.8 Å². The Balaban J connectivity index is 2.63. The van der Waals surface area contributed by atoms with Crippen molar-refractivity contribution in [3.05, 3.63) is 40.9 Å². The largest absolute Gasteiger partial charge is 0.269 e. The number of nitrogens with zero attached hydrogens (tertiary/aromatic N) is 3. The molecule has 0 aliphatic heterocycles. The molecule has 0 fully saturated rings. The lowest BCUT2D eigenvalue weighted by Crippen LogP contribution is -2.18. The number of benzene rings is 1. The molecule has 4 heteroatoms. The highest BCUT2D eigenvalue weighted by atomic mass is 35.5. The van der Waals surface area contributed by atoms with Gasteiger partial charge < -0.3 is 0 Å². The van der Waals surface area contributed by atoms with Gasteiger partial charge >= 0.3 is 0 Å². The van der Waals surface area contributed by atoms with E-state index in [2.05, 4.69) is 50.0 Å². The standard InChI is InChI=1S/C13H16ClN3/c1-9-6-5-7-10(8-9)17-11(13(2,3)4)15-16-12(17)14/h5-8H,1-4H3. The third-order valence-electron chi connectivity index (χ3n) is 2.55. The van der Waals surface area contributed by atoms with Gasteiger partial charge in [0.15, 0.2) is 0 Å². The Hall–Kier alpha value is -1.35. The van der Waals surface area contributed by atoms with E-state index < -0.39 is 0 Å². The van der Waals surface area contributed by atoms with E-state index in [1.807, 2.05) is 16.7 Å². The molecule has 0 amide bonds. The maximum atomic E-state index is 6.13. The van der Waals surface area contributed by atoms with Crippen molar-refractivity contribution in [1.82, 2.24) is 14.8 Å². The third kappa shape index (κ3) is 2.34. The van der Waals surface area contributed by atoms with Gasteiger partial charge in [-0.15, -0.1) is 10.2 Å². The van der Waals surface area contributed by atoms with Crippen molar-refractivity contribution in [3.8, 4) is 5.69 Å². The fraction of sp³-hybridized carbons (Fsp3) is 0.385. The molecule has 0 bridgehead atoms. The molecular weight excluding hydrogens is 234 g/mol. The molecule has 0 N–H and O–H groups in total. The first-order valence-electron chi connectivity index (χ1n) is 5.58. The van der Waals surface area contributed by atoms with Crippen molar-refractivity contribution in [3.63, 3.8) is 0 Å². The van der Waals surface area contributed by atoms with E-state index in [9.17, 15) is 0 Å². The summed E-state index contributed by atoms with van der Waals surface area (Å²) >= 11 is 6.13. The second-order valence-electron chi connectivity index (χ2n) is 5.22. The number of aryl methyl sites for hydroxylation is 1. The summed E-state index contributed by atoms with van der Waals surface area (Å²) in [7, 11) is 0. The van der Waals surface area contributed by atoms with Crippen LogP contribution in [0.4, 0.5) is 0 Å². The van der Waals surface area contributed by atoms with Crippen LogP contribution >= 0.6 is 11.6 Å². The molecule has 1 heterocycles. The van der Waals surface area contributed by atoms with Gasteiger partial charge in [-0.25, -0.2) is 0 Å². The minimum Gasteiger partial charge on any atom is -0.269 e. The first-order valence-corrected chi connectivity index (χ1v) is 5.96. The van der Waals surface area contributed by atoms with Crippen LogP contribution in [0.5, 0.6) is 0 Å². The van der Waals surface area contributed by atoms with Gasteiger partial charge in [-0.1, -0.05) is 32.9 Å². The summed E-state index contributed by atoms with van der Waals surface area (Å²) in [5, 5.41) is 8.54. The molecule has 0 spiro atoms. The zero-order valence-corrected chi connectivity index (χ0v) is 11.3. The zero-order chi connectivity index (χ0) is 12.6. The molecule has 0 unspecified atom stereocenters. The van der Waals surface area contributed by atoms with E-state index in [0.717, 1.165) is 11.5 Å². The van der Waals surface area contributed by atoms with Crippen molar-refractivity contribution in [2.75, 3.05) is 0 Å². The lowest BCUT2D eigenvalue weighted by molar-refractivity contribution is 0.533. The molecule has 1 aromatic carbocycles. The highest BCUT2D eigenvalue weighted by molar-refractivity contribution is 6.28. The number of hydrogen-bond acceptors (Lipinski definition) is 2. The van der Waals surface area contributed by atoms with Crippen LogP contribution in [0.15, 0.2) is 24.3 Å². The maximum Gasteiger partial charge on any atom is 0.229 e. The topological polar surface area (TPSA) is 30.7 Å². The quantitative estimate of drug-likeness (QED) is 0.774. The molecule has 3 nitrogen and oxygen atoms in total. The molecule has 17 heavy (non-hydrogen) atoms. The van der Waals surface area contributed by atoms with E-state index >= 15 is 0 Å². The van der Waals surface area contributed by atoms with Crippen molar-refractivity contribution in [1.29, 1.82) is 0 Å². The summed E-state index contributed by atoms with van der Waals surface area (Å²) in [6, 6.07) is 8.15. The van der Waals surface area contributed by atoms with Crippen molar-refractivity contribution < 1.29 is 0 Å². The molecule has 2 aromatic rings. The molecular formula is C13H16ClN3. The maximum absolute atomic E-state index is 6.13. The zero-order valence-electron chi connectivity index (χ0n) is 10.5. The Labute approximate surface area is 106 Å². The minimum absolute atomic E-state index is 0.0934. The van der Waals surface area contributed by atoms with Gasteiger partial charge in [0.05, 0.1) is 5.69 Å². The lowest BCUT2D eigenvalue weighted by Gasteiger charge is -2.19. The SMILES string of the molecule is Cc1cccc(-n2c(Cl)nnc2C(C)(C)C)c1. The van der Waals surface area contributed by atoms with Gasteiger partial charge in [-0.05, 0) is 36.2 Å². The van der Waals surface area contributed by atoms with Crippen molar-refractivity contribution in [2.24, 2.45) is 0 Å². The number of halogens is 1. The van der Waals surface area contributed by atoms with Gasteiger partial charge in [-0.2, -0.15) is 0 Å². The summed E-state index contributed by atoms with van der Waals surface area (Å²) in [4.78, 5) is 0. The van der Waals surface area contributed by atoms with E-state index in [1.165, 1.54) is 5.56 Å². The normalized spacial score (nSPS) is 11.8. The van der Waals surface area contributed by atoms with Crippen LogP contribution in [0.25, 0.3) is 5.69 Å². The van der Waals surface area contributed by atoms with Crippen molar-refractivity contribution >= 4 is 11.6 Å². The molecule has 1 aromatic heterocycles.